The predicted octanol–water partition coefficient (Wildman–Crippen LogP) is 3.95. The molecule has 4 rings (SSSR count). The highest BCUT2D eigenvalue weighted by Gasteiger charge is 2.40. The zero-order valence-electron chi connectivity index (χ0n) is 12.8. The van der Waals surface area contributed by atoms with Crippen LogP contribution >= 0.6 is 0 Å². The van der Waals surface area contributed by atoms with E-state index in [1.165, 1.54) is 42.1 Å². The summed E-state index contributed by atoms with van der Waals surface area (Å²) in [5, 5.41) is 6.45. The van der Waals surface area contributed by atoms with Gasteiger partial charge in [-0.1, -0.05) is 43.3 Å². The quantitative estimate of drug-likeness (QED) is 0.916. The van der Waals surface area contributed by atoms with E-state index in [4.69, 9.17) is 0 Å². The minimum atomic E-state index is 0.721. The van der Waals surface area contributed by atoms with E-state index in [2.05, 4.69) is 59.6 Å². The molecule has 2 bridgehead atoms. The number of fused-ring (bicyclic) bond motifs is 3. The highest BCUT2D eigenvalue weighted by atomic mass is 15.2. The summed E-state index contributed by atoms with van der Waals surface area (Å²) in [7, 11) is 0. The van der Waals surface area contributed by atoms with Gasteiger partial charge in [0, 0.05) is 29.2 Å². The molecule has 2 unspecified atom stereocenters. The van der Waals surface area contributed by atoms with Crippen LogP contribution in [-0.4, -0.2) is 24.7 Å². The predicted molar refractivity (Wildman–Crippen MR) is 89.9 cm³/mol. The molecule has 21 heavy (non-hydrogen) atoms. The van der Waals surface area contributed by atoms with Crippen LogP contribution in [0.5, 0.6) is 0 Å². The molecule has 2 atom stereocenters. The first-order valence-electron chi connectivity index (χ1n) is 8.36. The number of benzene rings is 2. The van der Waals surface area contributed by atoms with Gasteiger partial charge in [-0.2, -0.15) is 0 Å². The molecule has 0 aliphatic carbocycles. The third-order valence-corrected chi connectivity index (χ3v) is 5.27. The third kappa shape index (κ3) is 2.22. The van der Waals surface area contributed by atoms with Gasteiger partial charge >= 0.3 is 0 Å². The van der Waals surface area contributed by atoms with Crippen molar-refractivity contribution in [2.75, 3.05) is 11.4 Å². The SMILES string of the molecule is CCNC1CC2CCC(C1)N2c1cccc2ccccc12. The normalized spacial score (nSPS) is 28.2. The van der Waals surface area contributed by atoms with Crippen LogP contribution in [0.4, 0.5) is 5.69 Å². The summed E-state index contributed by atoms with van der Waals surface area (Å²) in [6, 6.07) is 17.7. The van der Waals surface area contributed by atoms with Crippen LogP contribution in [0, 0.1) is 0 Å². The standard InChI is InChI=1S/C19H24N2/c1-2-20-15-12-16-10-11-17(13-15)21(16)19-9-5-7-14-6-3-4-8-18(14)19/h3-9,15-17,20H,2,10-13H2,1H3. The summed E-state index contributed by atoms with van der Waals surface area (Å²) in [6.07, 6.45) is 5.31. The highest BCUT2D eigenvalue weighted by Crippen LogP contribution is 2.41. The van der Waals surface area contributed by atoms with Crippen LogP contribution in [0.2, 0.25) is 0 Å². The van der Waals surface area contributed by atoms with Crippen molar-refractivity contribution in [2.24, 2.45) is 0 Å². The fourth-order valence-corrected chi connectivity index (χ4v) is 4.46. The lowest BCUT2D eigenvalue weighted by atomic mass is 9.95. The summed E-state index contributed by atoms with van der Waals surface area (Å²) < 4.78 is 0. The van der Waals surface area contributed by atoms with Crippen LogP contribution in [0.1, 0.15) is 32.6 Å². The molecular formula is C19H24N2. The van der Waals surface area contributed by atoms with E-state index in [9.17, 15) is 0 Å². The van der Waals surface area contributed by atoms with E-state index in [0.29, 0.717) is 0 Å². The van der Waals surface area contributed by atoms with Crippen molar-refractivity contribution < 1.29 is 0 Å². The Morgan fingerprint density at radius 3 is 2.48 bits per heavy atom. The maximum atomic E-state index is 3.67. The summed E-state index contributed by atoms with van der Waals surface area (Å²) in [5.41, 5.74) is 1.45. The first-order valence-corrected chi connectivity index (χ1v) is 8.36. The van der Waals surface area contributed by atoms with E-state index in [-0.39, 0.29) is 0 Å². The van der Waals surface area contributed by atoms with Crippen LogP contribution < -0.4 is 10.2 Å². The minimum Gasteiger partial charge on any atom is -0.365 e. The number of rotatable bonds is 3. The topological polar surface area (TPSA) is 15.3 Å². The van der Waals surface area contributed by atoms with Gasteiger partial charge in [0.15, 0.2) is 0 Å². The number of nitrogens with zero attached hydrogens (tertiary/aromatic N) is 1. The van der Waals surface area contributed by atoms with Gasteiger partial charge in [0.25, 0.3) is 0 Å². The molecule has 2 nitrogen and oxygen atoms in total. The molecule has 0 saturated carbocycles. The molecular weight excluding hydrogens is 256 g/mol. The molecule has 2 heteroatoms. The molecule has 2 heterocycles. The van der Waals surface area contributed by atoms with Crippen molar-refractivity contribution in [3.63, 3.8) is 0 Å². The van der Waals surface area contributed by atoms with Gasteiger partial charge in [0.1, 0.15) is 0 Å². The number of nitrogens with one attached hydrogen (secondary N) is 1. The average molecular weight is 280 g/mol. The Morgan fingerprint density at radius 1 is 1.00 bits per heavy atom. The molecule has 2 saturated heterocycles. The van der Waals surface area contributed by atoms with Crippen molar-refractivity contribution >= 4 is 16.5 Å². The fourth-order valence-electron chi connectivity index (χ4n) is 4.46. The minimum absolute atomic E-state index is 0.721. The van der Waals surface area contributed by atoms with E-state index >= 15 is 0 Å². The lowest BCUT2D eigenvalue weighted by Gasteiger charge is -2.41. The molecule has 0 aromatic heterocycles. The lowest BCUT2D eigenvalue weighted by Crippen LogP contribution is -2.49. The van der Waals surface area contributed by atoms with Crippen molar-refractivity contribution in [1.29, 1.82) is 0 Å². The van der Waals surface area contributed by atoms with Gasteiger partial charge in [-0.3, -0.25) is 0 Å². The summed E-state index contributed by atoms with van der Waals surface area (Å²) in [4.78, 5) is 2.73. The summed E-state index contributed by atoms with van der Waals surface area (Å²) in [6.45, 7) is 3.32. The van der Waals surface area contributed by atoms with Gasteiger partial charge in [0.05, 0.1) is 0 Å². The summed E-state index contributed by atoms with van der Waals surface area (Å²) >= 11 is 0. The molecule has 0 amide bonds. The van der Waals surface area contributed by atoms with Crippen LogP contribution in [0.15, 0.2) is 42.5 Å². The van der Waals surface area contributed by atoms with Crippen molar-refractivity contribution in [3.05, 3.63) is 42.5 Å². The Bertz CT molecular complexity index is 617. The number of hydrogen-bond donors (Lipinski definition) is 1. The molecule has 0 radical (unpaired) electrons. The Balaban J connectivity index is 1.70. The lowest BCUT2D eigenvalue weighted by molar-refractivity contribution is 0.362. The van der Waals surface area contributed by atoms with Crippen molar-refractivity contribution in [1.82, 2.24) is 5.32 Å². The third-order valence-electron chi connectivity index (χ3n) is 5.27. The second-order valence-corrected chi connectivity index (χ2v) is 6.52. The van der Waals surface area contributed by atoms with Gasteiger partial charge in [0.2, 0.25) is 0 Å². The molecule has 1 N–H and O–H groups in total. The monoisotopic (exact) mass is 280 g/mol. The number of hydrogen-bond acceptors (Lipinski definition) is 2. The maximum absolute atomic E-state index is 3.67. The van der Waals surface area contributed by atoms with Gasteiger partial charge < -0.3 is 10.2 Å². The smallest absolute Gasteiger partial charge is 0.0450 e. The Labute approximate surface area is 127 Å². The van der Waals surface area contributed by atoms with Crippen molar-refractivity contribution in [3.8, 4) is 0 Å². The van der Waals surface area contributed by atoms with Crippen LogP contribution in [0.25, 0.3) is 10.8 Å². The first kappa shape index (κ1) is 13.1. The maximum Gasteiger partial charge on any atom is 0.0450 e. The zero-order chi connectivity index (χ0) is 14.2. The molecule has 2 aliphatic rings. The van der Waals surface area contributed by atoms with Crippen LogP contribution in [0.3, 0.4) is 0 Å². The Morgan fingerprint density at radius 2 is 1.71 bits per heavy atom. The zero-order valence-corrected chi connectivity index (χ0v) is 12.8. The van der Waals surface area contributed by atoms with E-state index in [1.807, 2.05) is 0 Å². The molecule has 2 aromatic rings. The molecule has 0 spiro atoms. The van der Waals surface area contributed by atoms with Crippen molar-refractivity contribution in [2.45, 2.75) is 50.7 Å². The number of anilines is 1. The fraction of sp³-hybridized carbons (Fsp3) is 0.474. The Kier molecular flexibility index (Phi) is 3.34. The first-order chi connectivity index (χ1) is 10.4. The van der Waals surface area contributed by atoms with E-state index < -0.39 is 0 Å². The van der Waals surface area contributed by atoms with Gasteiger partial charge in [-0.05, 0) is 43.7 Å². The number of piperidine rings is 1. The Hall–Kier alpha value is -1.54. The molecule has 2 aliphatic heterocycles. The second-order valence-electron chi connectivity index (χ2n) is 6.52. The average Bonchev–Trinajstić information content (AvgIpc) is 2.78. The van der Waals surface area contributed by atoms with Crippen LogP contribution in [-0.2, 0) is 0 Å². The second kappa shape index (κ2) is 5.34. The highest BCUT2D eigenvalue weighted by molar-refractivity contribution is 5.94. The van der Waals surface area contributed by atoms with E-state index in [0.717, 1.165) is 24.7 Å². The summed E-state index contributed by atoms with van der Waals surface area (Å²) in [5.74, 6) is 0. The van der Waals surface area contributed by atoms with E-state index in [1.54, 1.807) is 0 Å². The van der Waals surface area contributed by atoms with Gasteiger partial charge in [-0.15, -0.1) is 0 Å². The molecule has 2 aromatic carbocycles. The molecule has 110 valence electrons. The van der Waals surface area contributed by atoms with Gasteiger partial charge in [-0.25, -0.2) is 0 Å². The largest absolute Gasteiger partial charge is 0.365 e. The molecule has 2 fully saturated rings.